The van der Waals surface area contributed by atoms with Crippen molar-refractivity contribution in [2.45, 2.75) is 65.4 Å². The van der Waals surface area contributed by atoms with Crippen molar-refractivity contribution in [1.82, 2.24) is 0 Å². The Balaban J connectivity index is 1.92. The van der Waals surface area contributed by atoms with Gasteiger partial charge in [0.25, 0.3) is 0 Å². The molecule has 2 heteroatoms. The summed E-state index contributed by atoms with van der Waals surface area (Å²) in [6.45, 7) is 11.2. The van der Waals surface area contributed by atoms with Gasteiger partial charge >= 0.3 is 0 Å². The smallest absolute Gasteiger partial charge is 0.0618 e. The van der Waals surface area contributed by atoms with E-state index in [-0.39, 0.29) is 17.4 Å². The standard InChI is InChI=1S/C27H36OS/c1-6-27(7-2,24-12-8-19(3)20(4)16-24)25-13-11-22(21(5)17-25)9-10-23-18-29-15-14-26(23)28/h8-13,16-17,23,26,28H,6-7,14-15,18H2,1-5H3. The Morgan fingerprint density at radius 2 is 1.62 bits per heavy atom. The first-order valence-electron chi connectivity index (χ1n) is 11.0. The van der Waals surface area contributed by atoms with Crippen LogP contribution in [0.5, 0.6) is 0 Å². The number of aliphatic hydroxyl groups excluding tert-OH is 1. The van der Waals surface area contributed by atoms with Crippen molar-refractivity contribution in [3.05, 3.63) is 75.9 Å². The first-order valence-corrected chi connectivity index (χ1v) is 12.2. The second-order valence-electron chi connectivity index (χ2n) is 8.61. The lowest BCUT2D eigenvalue weighted by Crippen LogP contribution is -2.26. The zero-order chi connectivity index (χ0) is 21.0. The predicted molar refractivity (Wildman–Crippen MR) is 129 cm³/mol. The molecule has 1 saturated heterocycles. The minimum atomic E-state index is -0.190. The van der Waals surface area contributed by atoms with Crippen LogP contribution in [0, 0.1) is 26.7 Å². The quantitative estimate of drug-likeness (QED) is 0.564. The van der Waals surface area contributed by atoms with E-state index in [9.17, 15) is 5.11 Å². The van der Waals surface area contributed by atoms with Crippen molar-refractivity contribution in [2.75, 3.05) is 11.5 Å². The highest BCUT2D eigenvalue weighted by atomic mass is 32.2. The summed E-state index contributed by atoms with van der Waals surface area (Å²) in [5, 5.41) is 10.2. The molecule has 2 unspecified atom stereocenters. The molecule has 0 bridgehead atoms. The molecule has 156 valence electrons. The van der Waals surface area contributed by atoms with E-state index < -0.39 is 0 Å². The van der Waals surface area contributed by atoms with Gasteiger partial charge in [-0.2, -0.15) is 11.8 Å². The van der Waals surface area contributed by atoms with Crippen LogP contribution in [0.15, 0.2) is 42.5 Å². The summed E-state index contributed by atoms with van der Waals surface area (Å²) in [6.07, 6.45) is 7.33. The van der Waals surface area contributed by atoms with Crippen LogP contribution in [0.4, 0.5) is 0 Å². The van der Waals surface area contributed by atoms with Gasteiger partial charge in [0.15, 0.2) is 0 Å². The minimum Gasteiger partial charge on any atom is -0.392 e. The van der Waals surface area contributed by atoms with Crippen LogP contribution in [0.25, 0.3) is 6.08 Å². The Hall–Kier alpha value is -1.51. The van der Waals surface area contributed by atoms with E-state index >= 15 is 0 Å². The first-order chi connectivity index (χ1) is 13.9. The van der Waals surface area contributed by atoms with E-state index in [1.54, 1.807) is 0 Å². The number of aliphatic hydroxyl groups is 1. The highest BCUT2D eigenvalue weighted by molar-refractivity contribution is 7.99. The molecule has 3 rings (SSSR count). The second-order valence-corrected chi connectivity index (χ2v) is 9.76. The number of rotatable bonds is 6. The largest absolute Gasteiger partial charge is 0.392 e. The molecule has 2 atom stereocenters. The zero-order valence-electron chi connectivity index (χ0n) is 18.7. The van der Waals surface area contributed by atoms with Gasteiger partial charge in [-0.25, -0.2) is 0 Å². The first kappa shape index (κ1) is 22.2. The van der Waals surface area contributed by atoms with Gasteiger partial charge in [-0.1, -0.05) is 62.4 Å². The third-order valence-electron chi connectivity index (χ3n) is 6.97. The molecule has 1 fully saturated rings. The Bertz CT molecular complexity index is 863. The average Bonchev–Trinajstić information content (AvgIpc) is 2.72. The molecule has 0 amide bonds. The molecule has 0 aromatic heterocycles. The Morgan fingerprint density at radius 3 is 2.21 bits per heavy atom. The van der Waals surface area contributed by atoms with Gasteiger partial charge in [-0.05, 0) is 79.2 Å². The van der Waals surface area contributed by atoms with Crippen molar-refractivity contribution in [3.8, 4) is 0 Å². The monoisotopic (exact) mass is 408 g/mol. The second kappa shape index (κ2) is 9.53. The molecule has 1 aliphatic heterocycles. The van der Waals surface area contributed by atoms with E-state index in [0.717, 1.165) is 30.8 Å². The van der Waals surface area contributed by atoms with Gasteiger partial charge in [-0.3, -0.25) is 0 Å². The van der Waals surface area contributed by atoms with E-state index in [0.29, 0.717) is 0 Å². The van der Waals surface area contributed by atoms with Crippen LogP contribution in [0.3, 0.4) is 0 Å². The van der Waals surface area contributed by atoms with Crippen molar-refractivity contribution in [3.63, 3.8) is 0 Å². The average molecular weight is 409 g/mol. The fourth-order valence-electron chi connectivity index (χ4n) is 4.59. The summed E-state index contributed by atoms with van der Waals surface area (Å²) in [7, 11) is 0. The predicted octanol–water partition coefficient (Wildman–Crippen LogP) is 6.85. The number of hydrogen-bond acceptors (Lipinski definition) is 2. The Kier molecular flexibility index (Phi) is 7.29. The van der Waals surface area contributed by atoms with E-state index in [1.165, 1.54) is 33.4 Å². The summed E-state index contributed by atoms with van der Waals surface area (Å²) in [5.74, 6) is 2.37. The number of thioether (sulfide) groups is 1. The maximum atomic E-state index is 10.2. The van der Waals surface area contributed by atoms with Gasteiger partial charge in [0.2, 0.25) is 0 Å². The van der Waals surface area contributed by atoms with Gasteiger partial charge in [0.05, 0.1) is 6.10 Å². The molecule has 29 heavy (non-hydrogen) atoms. The zero-order valence-corrected chi connectivity index (χ0v) is 19.5. The summed E-state index contributed by atoms with van der Waals surface area (Å²) in [4.78, 5) is 0. The molecule has 2 aromatic carbocycles. The maximum Gasteiger partial charge on any atom is 0.0618 e. The van der Waals surface area contributed by atoms with E-state index in [1.807, 2.05) is 11.8 Å². The van der Waals surface area contributed by atoms with Crippen molar-refractivity contribution < 1.29 is 5.11 Å². The van der Waals surface area contributed by atoms with Crippen LogP contribution < -0.4 is 0 Å². The van der Waals surface area contributed by atoms with Crippen molar-refractivity contribution in [2.24, 2.45) is 5.92 Å². The Labute approximate surface area is 181 Å². The van der Waals surface area contributed by atoms with E-state index in [2.05, 4.69) is 83.2 Å². The lowest BCUT2D eigenvalue weighted by Gasteiger charge is -2.34. The molecule has 0 spiro atoms. The number of hydrogen-bond donors (Lipinski definition) is 1. The van der Waals surface area contributed by atoms with Crippen molar-refractivity contribution in [1.29, 1.82) is 0 Å². The lowest BCUT2D eigenvalue weighted by molar-refractivity contribution is 0.133. The number of benzene rings is 2. The third-order valence-corrected chi connectivity index (χ3v) is 8.12. The van der Waals surface area contributed by atoms with Crippen LogP contribution in [-0.4, -0.2) is 22.7 Å². The van der Waals surface area contributed by atoms with Gasteiger partial charge in [0.1, 0.15) is 0 Å². The van der Waals surface area contributed by atoms with Crippen LogP contribution in [-0.2, 0) is 5.41 Å². The van der Waals surface area contributed by atoms with Crippen LogP contribution in [0.1, 0.15) is 66.5 Å². The topological polar surface area (TPSA) is 20.2 Å². The van der Waals surface area contributed by atoms with E-state index in [4.69, 9.17) is 0 Å². The van der Waals surface area contributed by atoms with Crippen LogP contribution >= 0.6 is 11.8 Å². The molecule has 1 N–H and O–H groups in total. The summed E-state index contributed by atoms with van der Waals surface area (Å²) < 4.78 is 0. The lowest BCUT2D eigenvalue weighted by atomic mass is 9.69. The normalized spacial score (nSPS) is 20.3. The molecular weight excluding hydrogens is 372 g/mol. The fourth-order valence-corrected chi connectivity index (χ4v) is 5.77. The summed E-state index contributed by atoms with van der Waals surface area (Å²) >= 11 is 1.95. The number of aryl methyl sites for hydroxylation is 3. The highest BCUT2D eigenvalue weighted by Crippen LogP contribution is 2.40. The van der Waals surface area contributed by atoms with Crippen LogP contribution in [0.2, 0.25) is 0 Å². The third kappa shape index (κ3) is 4.64. The Morgan fingerprint density at radius 1 is 0.966 bits per heavy atom. The van der Waals surface area contributed by atoms with Gasteiger partial charge in [-0.15, -0.1) is 0 Å². The minimum absolute atomic E-state index is 0.0572. The SMILES string of the molecule is CCC(CC)(c1ccc(C)c(C)c1)c1ccc(C=CC2CSCCC2O)c(C)c1. The summed E-state index contributed by atoms with van der Waals surface area (Å²) in [5.41, 5.74) is 8.19. The molecule has 0 radical (unpaired) electrons. The highest BCUT2D eigenvalue weighted by Gasteiger charge is 2.31. The molecule has 2 aromatic rings. The van der Waals surface area contributed by atoms with Crippen molar-refractivity contribution >= 4 is 17.8 Å². The molecule has 1 heterocycles. The molecule has 1 nitrogen and oxygen atoms in total. The van der Waals surface area contributed by atoms with Gasteiger partial charge < -0.3 is 5.11 Å². The summed E-state index contributed by atoms with van der Waals surface area (Å²) in [6, 6.07) is 13.9. The van der Waals surface area contributed by atoms with Gasteiger partial charge in [0, 0.05) is 17.1 Å². The molecule has 0 aliphatic carbocycles. The molecule has 1 aliphatic rings. The molecule has 0 saturated carbocycles. The maximum absolute atomic E-state index is 10.2. The fraction of sp³-hybridized carbons (Fsp3) is 0.481. The molecular formula is C27H36OS.